The smallest absolute Gasteiger partial charge is 0.307 e. The van der Waals surface area contributed by atoms with Crippen molar-refractivity contribution >= 4 is 11.9 Å². The first-order valence-electron chi connectivity index (χ1n) is 6.19. The van der Waals surface area contributed by atoms with Crippen LogP contribution in [0.1, 0.15) is 19.7 Å². The normalized spacial score (nSPS) is 23.9. The Morgan fingerprint density at radius 3 is 2.63 bits per heavy atom. The molecule has 1 heterocycles. The van der Waals surface area contributed by atoms with E-state index >= 15 is 0 Å². The van der Waals surface area contributed by atoms with Crippen molar-refractivity contribution in [3.8, 4) is 0 Å². The summed E-state index contributed by atoms with van der Waals surface area (Å²) < 4.78 is 1.60. The van der Waals surface area contributed by atoms with E-state index in [1.165, 1.54) is 0 Å². The Kier molecular flexibility index (Phi) is 3.30. The van der Waals surface area contributed by atoms with Gasteiger partial charge in [-0.25, -0.2) is 4.98 Å². The largest absolute Gasteiger partial charge is 0.481 e. The Hall–Kier alpha value is -1.92. The lowest BCUT2D eigenvalue weighted by molar-refractivity contribution is -0.140. The molecule has 1 aliphatic rings. The van der Waals surface area contributed by atoms with Crippen LogP contribution in [0.15, 0.2) is 6.33 Å². The standard InChI is InChI=1S/C12H18N4O3/c1-12(2)8(9(12)11(18)19)10(17)13-5-4-7-14-6-16(3)15-7/h6,8-9H,4-5H2,1-3H3,(H,13,17)(H,18,19)/t8-,9+/m1/s1. The summed E-state index contributed by atoms with van der Waals surface area (Å²) in [7, 11) is 1.78. The second kappa shape index (κ2) is 4.64. The number of aromatic nitrogens is 3. The Bertz CT molecular complexity index is 509. The molecule has 0 radical (unpaired) electrons. The lowest BCUT2D eigenvalue weighted by atomic mass is 10.1. The average molecular weight is 266 g/mol. The maximum absolute atomic E-state index is 11.9. The van der Waals surface area contributed by atoms with Crippen LogP contribution in [0.4, 0.5) is 0 Å². The number of amides is 1. The number of aliphatic carboxylic acids is 1. The molecular formula is C12H18N4O3. The lowest BCUT2D eigenvalue weighted by Gasteiger charge is -2.04. The Morgan fingerprint density at radius 1 is 1.47 bits per heavy atom. The number of rotatable bonds is 5. The van der Waals surface area contributed by atoms with E-state index in [2.05, 4.69) is 15.4 Å². The maximum Gasteiger partial charge on any atom is 0.307 e. The lowest BCUT2D eigenvalue weighted by Crippen LogP contribution is -2.29. The molecule has 0 unspecified atom stereocenters. The first kappa shape index (κ1) is 13.5. The fourth-order valence-electron chi connectivity index (χ4n) is 2.49. The average Bonchev–Trinajstić information content (AvgIpc) is 2.65. The number of aryl methyl sites for hydroxylation is 1. The second-order valence-electron chi connectivity index (χ2n) is 5.49. The molecule has 0 bridgehead atoms. The summed E-state index contributed by atoms with van der Waals surface area (Å²) in [5, 5.41) is 15.9. The first-order valence-corrected chi connectivity index (χ1v) is 6.19. The van der Waals surface area contributed by atoms with Crippen molar-refractivity contribution in [1.82, 2.24) is 20.1 Å². The summed E-state index contributed by atoms with van der Waals surface area (Å²) in [5.74, 6) is -1.47. The fourth-order valence-corrected chi connectivity index (χ4v) is 2.49. The van der Waals surface area contributed by atoms with Gasteiger partial charge in [0.15, 0.2) is 5.82 Å². The van der Waals surface area contributed by atoms with Gasteiger partial charge >= 0.3 is 5.97 Å². The van der Waals surface area contributed by atoms with Gasteiger partial charge in [0, 0.05) is 20.0 Å². The highest BCUT2D eigenvalue weighted by molar-refractivity contribution is 5.91. The predicted molar refractivity (Wildman–Crippen MR) is 66.1 cm³/mol. The molecule has 1 aromatic heterocycles. The minimum absolute atomic E-state index is 0.201. The minimum atomic E-state index is -0.906. The molecule has 0 saturated heterocycles. The summed E-state index contributed by atoms with van der Waals surface area (Å²) >= 11 is 0. The topological polar surface area (TPSA) is 97.1 Å². The van der Waals surface area contributed by atoms with Crippen LogP contribution < -0.4 is 5.32 Å². The van der Waals surface area contributed by atoms with E-state index in [9.17, 15) is 9.59 Å². The van der Waals surface area contributed by atoms with Gasteiger partial charge in [0.2, 0.25) is 5.91 Å². The molecule has 104 valence electrons. The SMILES string of the molecule is Cn1cnc(CCNC(=O)[C@H]2[C@@H](C(=O)O)C2(C)C)n1. The third-order valence-electron chi connectivity index (χ3n) is 3.67. The van der Waals surface area contributed by atoms with Crippen molar-refractivity contribution in [2.75, 3.05) is 6.54 Å². The molecular weight excluding hydrogens is 248 g/mol. The highest BCUT2D eigenvalue weighted by atomic mass is 16.4. The number of nitrogens with zero attached hydrogens (tertiary/aromatic N) is 3. The zero-order valence-corrected chi connectivity index (χ0v) is 11.3. The van der Waals surface area contributed by atoms with Gasteiger partial charge in [0.05, 0.1) is 11.8 Å². The van der Waals surface area contributed by atoms with Gasteiger partial charge in [-0.1, -0.05) is 13.8 Å². The molecule has 1 aromatic rings. The van der Waals surface area contributed by atoms with E-state index in [1.54, 1.807) is 31.9 Å². The zero-order chi connectivity index (χ0) is 14.2. The van der Waals surface area contributed by atoms with Gasteiger partial charge < -0.3 is 10.4 Å². The van der Waals surface area contributed by atoms with E-state index < -0.39 is 23.2 Å². The predicted octanol–water partition coefficient (Wildman–Crippen LogP) is -0.169. The molecule has 2 rings (SSSR count). The van der Waals surface area contributed by atoms with Crippen LogP contribution in [0.2, 0.25) is 0 Å². The van der Waals surface area contributed by atoms with Gasteiger partial charge in [0.25, 0.3) is 0 Å². The van der Waals surface area contributed by atoms with Gasteiger partial charge in [-0.15, -0.1) is 0 Å². The molecule has 2 N–H and O–H groups in total. The van der Waals surface area contributed by atoms with Crippen molar-refractivity contribution in [2.45, 2.75) is 20.3 Å². The summed E-state index contributed by atoms with van der Waals surface area (Å²) in [6.45, 7) is 4.02. The monoisotopic (exact) mass is 266 g/mol. The molecule has 7 heteroatoms. The molecule has 2 atom stereocenters. The molecule has 19 heavy (non-hydrogen) atoms. The first-order chi connectivity index (χ1) is 8.84. The van der Waals surface area contributed by atoms with Crippen molar-refractivity contribution in [1.29, 1.82) is 0 Å². The highest BCUT2D eigenvalue weighted by Crippen LogP contribution is 2.58. The number of carboxylic acid groups (broad SMARTS) is 1. The van der Waals surface area contributed by atoms with Crippen molar-refractivity contribution in [3.05, 3.63) is 12.2 Å². The molecule has 7 nitrogen and oxygen atoms in total. The van der Waals surface area contributed by atoms with Gasteiger partial charge in [-0.3, -0.25) is 14.3 Å². The number of hydrogen-bond donors (Lipinski definition) is 2. The Labute approximate surface area is 111 Å². The van der Waals surface area contributed by atoms with E-state index in [4.69, 9.17) is 5.11 Å². The number of carboxylic acids is 1. The summed E-state index contributed by atoms with van der Waals surface area (Å²) in [5.41, 5.74) is -0.459. The van der Waals surface area contributed by atoms with Gasteiger partial charge in [-0.2, -0.15) is 5.10 Å². The fraction of sp³-hybridized carbons (Fsp3) is 0.667. The third-order valence-corrected chi connectivity index (χ3v) is 3.67. The van der Waals surface area contributed by atoms with E-state index in [0.29, 0.717) is 18.8 Å². The maximum atomic E-state index is 11.9. The molecule has 0 spiro atoms. The second-order valence-corrected chi connectivity index (χ2v) is 5.49. The van der Waals surface area contributed by atoms with Crippen LogP contribution in [-0.2, 0) is 23.1 Å². The summed E-state index contributed by atoms with van der Waals surface area (Å²) in [6, 6.07) is 0. The van der Waals surface area contributed by atoms with Crippen molar-refractivity contribution < 1.29 is 14.7 Å². The van der Waals surface area contributed by atoms with Crippen LogP contribution in [0, 0.1) is 17.3 Å². The zero-order valence-electron chi connectivity index (χ0n) is 11.3. The van der Waals surface area contributed by atoms with Crippen molar-refractivity contribution in [3.63, 3.8) is 0 Å². The van der Waals surface area contributed by atoms with E-state index in [-0.39, 0.29) is 5.91 Å². The number of carbonyl (C=O) groups excluding carboxylic acids is 1. The van der Waals surface area contributed by atoms with Crippen LogP contribution in [-0.4, -0.2) is 38.3 Å². The molecule has 0 aromatic carbocycles. The highest BCUT2D eigenvalue weighted by Gasteiger charge is 2.65. The summed E-state index contributed by atoms with van der Waals surface area (Å²) in [6.07, 6.45) is 2.14. The van der Waals surface area contributed by atoms with Gasteiger partial charge in [-0.05, 0) is 5.41 Å². The molecule has 0 aliphatic heterocycles. The Morgan fingerprint density at radius 2 is 2.16 bits per heavy atom. The van der Waals surface area contributed by atoms with Crippen LogP contribution in [0.25, 0.3) is 0 Å². The molecule has 1 fully saturated rings. The molecule has 1 amide bonds. The van der Waals surface area contributed by atoms with Crippen LogP contribution in [0.3, 0.4) is 0 Å². The minimum Gasteiger partial charge on any atom is -0.481 e. The van der Waals surface area contributed by atoms with E-state index in [1.807, 2.05) is 0 Å². The van der Waals surface area contributed by atoms with Crippen LogP contribution in [0.5, 0.6) is 0 Å². The van der Waals surface area contributed by atoms with Crippen molar-refractivity contribution in [2.24, 2.45) is 24.3 Å². The summed E-state index contributed by atoms with van der Waals surface area (Å²) in [4.78, 5) is 26.9. The quantitative estimate of drug-likeness (QED) is 0.771. The number of nitrogens with one attached hydrogen (secondary N) is 1. The van der Waals surface area contributed by atoms with Crippen LogP contribution >= 0.6 is 0 Å². The Balaban J connectivity index is 1.81. The van der Waals surface area contributed by atoms with Gasteiger partial charge in [0.1, 0.15) is 6.33 Å². The van der Waals surface area contributed by atoms with E-state index in [0.717, 1.165) is 0 Å². The number of hydrogen-bond acceptors (Lipinski definition) is 4. The molecule has 1 saturated carbocycles. The molecule has 1 aliphatic carbocycles. The number of carbonyl (C=O) groups is 2. The third kappa shape index (κ3) is 2.59.